The Morgan fingerprint density at radius 1 is 1.09 bits per heavy atom. The number of pyridine rings is 1. The van der Waals surface area contributed by atoms with Gasteiger partial charge in [0.05, 0.1) is 16.9 Å². The maximum atomic E-state index is 13.4. The highest BCUT2D eigenvalue weighted by atomic mass is 32.2. The van der Waals surface area contributed by atoms with E-state index in [1.54, 1.807) is 18.4 Å². The van der Waals surface area contributed by atoms with Crippen molar-refractivity contribution in [3.8, 4) is 0 Å². The van der Waals surface area contributed by atoms with Crippen molar-refractivity contribution in [1.82, 2.24) is 13.9 Å². The van der Waals surface area contributed by atoms with Gasteiger partial charge in [0.2, 0.25) is 10.0 Å². The van der Waals surface area contributed by atoms with Crippen LogP contribution in [-0.4, -0.2) is 47.0 Å². The van der Waals surface area contributed by atoms with Crippen molar-refractivity contribution in [3.63, 3.8) is 0 Å². The average molecular weight is 495 g/mol. The molecule has 4 heterocycles. The van der Waals surface area contributed by atoms with E-state index in [1.165, 1.54) is 27.6 Å². The maximum absolute atomic E-state index is 13.4. The monoisotopic (exact) mass is 494 g/mol. The summed E-state index contributed by atoms with van der Waals surface area (Å²) < 4.78 is 34.0. The van der Waals surface area contributed by atoms with Gasteiger partial charge in [-0.15, -0.1) is 0 Å². The molecule has 1 fully saturated rings. The van der Waals surface area contributed by atoms with Crippen LogP contribution in [0.15, 0.2) is 80.2 Å². The zero-order valence-corrected chi connectivity index (χ0v) is 20.1. The number of furan rings is 1. The van der Waals surface area contributed by atoms with Crippen molar-refractivity contribution >= 4 is 21.6 Å². The predicted molar refractivity (Wildman–Crippen MR) is 129 cm³/mol. The fourth-order valence-corrected chi connectivity index (χ4v) is 5.98. The largest absolute Gasteiger partial charge is 0.467 e. The van der Waals surface area contributed by atoms with Crippen molar-refractivity contribution in [2.75, 3.05) is 13.1 Å². The molecule has 1 amide bonds. The molecule has 35 heavy (non-hydrogen) atoms. The number of hydrogen-bond acceptors (Lipinski definition) is 6. The number of nitrogens with zero attached hydrogens (tertiary/aromatic N) is 4. The number of amides is 1. The summed E-state index contributed by atoms with van der Waals surface area (Å²) >= 11 is 0. The molecule has 0 radical (unpaired) electrons. The number of carbonyl (C=O) groups is 1. The van der Waals surface area contributed by atoms with E-state index in [1.807, 2.05) is 31.2 Å². The number of aromatic nitrogens is 1. The lowest BCUT2D eigenvalue weighted by Gasteiger charge is -2.21. The Morgan fingerprint density at radius 3 is 2.51 bits per heavy atom. The minimum atomic E-state index is -3.72. The molecular formula is C25H26N4O5S. The Balaban J connectivity index is 1.44. The summed E-state index contributed by atoms with van der Waals surface area (Å²) in [6, 6.07) is 13.4. The number of hydrazone groups is 1. The Bertz CT molecular complexity index is 1420. The summed E-state index contributed by atoms with van der Waals surface area (Å²) in [5.41, 5.74) is 2.29. The molecule has 2 aromatic heterocycles. The number of aryl methyl sites for hydroxylation is 1. The van der Waals surface area contributed by atoms with Crippen molar-refractivity contribution in [2.24, 2.45) is 5.10 Å². The molecule has 0 N–H and O–H groups in total. The molecule has 182 valence electrons. The summed E-state index contributed by atoms with van der Waals surface area (Å²) in [5.74, 6) is 0.147. The molecule has 10 heteroatoms. The second kappa shape index (κ2) is 9.27. The van der Waals surface area contributed by atoms with E-state index in [9.17, 15) is 18.0 Å². The fourth-order valence-electron chi connectivity index (χ4n) is 4.44. The van der Waals surface area contributed by atoms with E-state index >= 15 is 0 Å². The van der Waals surface area contributed by atoms with E-state index in [0.29, 0.717) is 25.3 Å². The second-order valence-electron chi connectivity index (χ2n) is 8.83. The second-order valence-corrected chi connectivity index (χ2v) is 10.8. The summed E-state index contributed by atoms with van der Waals surface area (Å²) in [7, 11) is -3.72. The molecule has 0 spiro atoms. The highest BCUT2D eigenvalue weighted by molar-refractivity contribution is 7.89. The molecule has 0 saturated carbocycles. The average Bonchev–Trinajstić information content (AvgIpc) is 3.62. The van der Waals surface area contributed by atoms with Crippen molar-refractivity contribution in [2.45, 2.75) is 43.7 Å². The van der Waals surface area contributed by atoms with Gasteiger partial charge in [-0.2, -0.15) is 9.41 Å². The van der Waals surface area contributed by atoms with Crippen LogP contribution in [-0.2, 0) is 21.4 Å². The van der Waals surface area contributed by atoms with Gasteiger partial charge in [0.15, 0.2) is 0 Å². The van der Waals surface area contributed by atoms with Crippen LogP contribution in [0.1, 0.15) is 42.2 Å². The van der Waals surface area contributed by atoms with Gasteiger partial charge in [-0.05, 0) is 43.5 Å². The molecule has 9 nitrogen and oxygen atoms in total. The van der Waals surface area contributed by atoms with Gasteiger partial charge >= 0.3 is 0 Å². The fraction of sp³-hybridized carbons (Fsp3) is 0.320. The van der Waals surface area contributed by atoms with Crippen LogP contribution in [0.25, 0.3) is 0 Å². The zero-order valence-electron chi connectivity index (χ0n) is 19.3. The van der Waals surface area contributed by atoms with Crippen LogP contribution in [0.2, 0.25) is 0 Å². The Morgan fingerprint density at radius 2 is 1.83 bits per heavy atom. The Labute approximate surface area is 203 Å². The first-order valence-electron chi connectivity index (χ1n) is 11.5. The molecule has 5 rings (SSSR count). The minimum absolute atomic E-state index is 0.000322. The number of rotatable bonds is 6. The lowest BCUT2D eigenvalue weighted by Crippen LogP contribution is -2.34. The van der Waals surface area contributed by atoms with Crippen LogP contribution in [0.4, 0.5) is 0 Å². The highest BCUT2D eigenvalue weighted by Crippen LogP contribution is 2.33. The molecule has 1 atom stereocenters. The van der Waals surface area contributed by atoms with E-state index in [0.717, 1.165) is 34.2 Å². The van der Waals surface area contributed by atoms with Crippen LogP contribution >= 0.6 is 0 Å². The Hall–Kier alpha value is -3.50. The topological polar surface area (TPSA) is 105 Å². The van der Waals surface area contributed by atoms with Gasteiger partial charge in [-0.1, -0.05) is 29.8 Å². The van der Waals surface area contributed by atoms with E-state index < -0.39 is 27.5 Å². The maximum Gasteiger partial charge on any atom is 0.263 e. The van der Waals surface area contributed by atoms with Crippen molar-refractivity contribution in [3.05, 3.63) is 88.2 Å². The lowest BCUT2D eigenvalue weighted by atomic mass is 10.0. The molecule has 1 aromatic carbocycles. The Kier molecular flexibility index (Phi) is 6.16. The van der Waals surface area contributed by atoms with Gasteiger partial charge in [-0.25, -0.2) is 13.4 Å². The summed E-state index contributed by atoms with van der Waals surface area (Å²) in [5, 5.41) is 5.92. The van der Waals surface area contributed by atoms with Crippen LogP contribution < -0.4 is 5.56 Å². The molecule has 3 aromatic rings. The molecule has 2 aliphatic heterocycles. The van der Waals surface area contributed by atoms with Gasteiger partial charge in [0.25, 0.3) is 11.5 Å². The molecule has 0 bridgehead atoms. The molecular weight excluding hydrogens is 468 g/mol. The highest BCUT2D eigenvalue weighted by Gasteiger charge is 2.35. The smallest absolute Gasteiger partial charge is 0.263 e. The summed E-state index contributed by atoms with van der Waals surface area (Å²) in [6.45, 7) is 2.56. The van der Waals surface area contributed by atoms with Crippen LogP contribution in [0.3, 0.4) is 0 Å². The van der Waals surface area contributed by atoms with Crippen LogP contribution in [0.5, 0.6) is 0 Å². The third kappa shape index (κ3) is 4.59. The molecule has 0 unspecified atom stereocenters. The lowest BCUT2D eigenvalue weighted by molar-refractivity contribution is -0.134. The molecule has 1 saturated heterocycles. The van der Waals surface area contributed by atoms with Gasteiger partial charge in [0, 0.05) is 31.8 Å². The summed E-state index contributed by atoms with van der Waals surface area (Å²) in [6.07, 6.45) is 4.86. The predicted octanol–water partition coefficient (Wildman–Crippen LogP) is 2.91. The van der Waals surface area contributed by atoms with Crippen molar-refractivity contribution < 1.29 is 17.6 Å². The van der Waals surface area contributed by atoms with Crippen molar-refractivity contribution in [1.29, 1.82) is 0 Å². The van der Waals surface area contributed by atoms with E-state index in [4.69, 9.17) is 4.42 Å². The van der Waals surface area contributed by atoms with E-state index in [2.05, 4.69) is 5.10 Å². The molecule has 2 aliphatic rings. The number of hydrogen-bond donors (Lipinski definition) is 0. The standard InChI is InChI=1S/C25H26N4O5S/c1-18-6-8-19(9-7-18)21-15-22(23-5-4-14-34-23)29(26-21)25(31)17-27-16-20(10-11-24(27)30)35(32,33)28-12-2-3-13-28/h4-11,14,16,22H,2-3,12-13,15,17H2,1H3/t22-/m1/s1. The SMILES string of the molecule is Cc1ccc(C2=NN(C(=O)Cn3cc(S(=O)(=O)N4CCCC4)ccc3=O)[C@@H](c3ccco3)C2)cc1. The number of carbonyl (C=O) groups excluding carboxylic acids is 1. The van der Waals surface area contributed by atoms with Crippen LogP contribution in [0, 0.1) is 6.92 Å². The van der Waals surface area contributed by atoms with E-state index in [-0.39, 0.29) is 11.4 Å². The number of sulfonamides is 1. The molecule has 0 aliphatic carbocycles. The normalized spacial score (nSPS) is 18.7. The third-order valence-corrected chi connectivity index (χ3v) is 8.27. The summed E-state index contributed by atoms with van der Waals surface area (Å²) in [4.78, 5) is 25.9. The zero-order chi connectivity index (χ0) is 24.6. The third-order valence-electron chi connectivity index (χ3n) is 6.39. The first-order chi connectivity index (χ1) is 16.8. The van der Waals surface area contributed by atoms with Gasteiger partial charge in [0.1, 0.15) is 18.3 Å². The minimum Gasteiger partial charge on any atom is -0.467 e. The first-order valence-corrected chi connectivity index (χ1v) is 13.0. The quantitative estimate of drug-likeness (QED) is 0.524. The number of benzene rings is 1. The first kappa shape index (κ1) is 23.3. The van der Waals surface area contributed by atoms with Gasteiger partial charge in [-0.3, -0.25) is 9.59 Å². The van der Waals surface area contributed by atoms with Gasteiger partial charge < -0.3 is 8.98 Å².